The van der Waals surface area contributed by atoms with Gasteiger partial charge in [-0.1, -0.05) is 22.0 Å². The van der Waals surface area contributed by atoms with Gasteiger partial charge in [0.15, 0.2) is 0 Å². The number of amides is 3. The van der Waals surface area contributed by atoms with Crippen LogP contribution in [0.5, 0.6) is 0 Å². The molecule has 0 radical (unpaired) electrons. The minimum Gasteiger partial charge on any atom is -0.343 e. The lowest BCUT2D eigenvalue weighted by Crippen LogP contribution is -2.52. The quantitative estimate of drug-likeness (QED) is 0.705. The van der Waals surface area contributed by atoms with Gasteiger partial charge in [0.1, 0.15) is 0 Å². The summed E-state index contributed by atoms with van der Waals surface area (Å²) in [5.74, 6) is -1.03. The zero-order chi connectivity index (χ0) is 22.6. The van der Waals surface area contributed by atoms with Crippen molar-refractivity contribution < 1.29 is 27.6 Å². The minimum absolute atomic E-state index is 0.161. The molecule has 0 atom stereocenters. The van der Waals surface area contributed by atoms with E-state index >= 15 is 0 Å². The number of carbonyl (C=O) groups is 3. The third-order valence-corrected chi connectivity index (χ3v) is 5.36. The number of alkyl halides is 3. The molecule has 3 amide bonds. The summed E-state index contributed by atoms with van der Waals surface area (Å²) in [6.45, 7) is 0.893. The van der Waals surface area contributed by atoms with Crippen LogP contribution in [0.1, 0.15) is 26.3 Å². The Balaban J connectivity index is 1.49. The van der Waals surface area contributed by atoms with Crippen LogP contribution in [0.2, 0.25) is 0 Å². The number of benzene rings is 2. The number of nitrogens with zero attached hydrogens (tertiary/aromatic N) is 2. The molecule has 1 fully saturated rings. The van der Waals surface area contributed by atoms with Crippen LogP contribution in [-0.2, 0) is 11.0 Å². The highest BCUT2D eigenvalue weighted by Gasteiger charge is 2.31. The Morgan fingerprint density at radius 2 is 1.52 bits per heavy atom. The molecule has 0 aromatic heterocycles. The monoisotopic (exact) mass is 497 g/mol. The molecule has 31 heavy (non-hydrogen) atoms. The van der Waals surface area contributed by atoms with Gasteiger partial charge in [-0.25, -0.2) is 0 Å². The fourth-order valence-electron chi connectivity index (χ4n) is 3.14. The summed E-state index contributed by atoms with van der Waals surface area (Å²) in [6.07, 6.45) is -4.46. The van der Waals surface area contributed by atoms with Crippen molar-refractivity contribution in [1.82, 2.24) is 15.1 Å². The molecular weight excluding hydrogens is 479 g/mol. The van der Waals surface area contributed by atoms with E-state index in [-0.39, 0.29) is 56.0 Å². The minimum atomic E-state index is -4.46. The van der Waals surface area contributed by atoms with Gasteiger partial charge in [-0.15, -0.1) is 0 Å². The van der Waals surface area contributed by atoms with Crippen molar-refractivity contribution in [3.63, 3.8) is 0 Å². The van der Waals surface area contributed by atoms with E-state index in [0.29, 0.717) is 5.56 Å². The van der Waals surface area contributed by atoms with Crippen molar-refractivity contribution in [2.45, 2.75) is 6.18 Å². The number of carbonyl (C=O) groups excluding carboxylic acids is 3. The van der Waals surface area contributed by atoms with Crippen LogP contribution in [0.4, 0.5) is 13.2 Å². The van der Waals surface area contributed by atoms with Gasteiger partial charge in [0.25, 0.3) is 11.8 Å². The Morgan fingerprint density at radius 1 is 0.903 bits per heavy atom. The van der Waals surface area contributed by atoms with Crippen LogP contribution >= 0.6 is 15.9 Å². The molecule has 2 aromatic carbocycles. The van der Waals surface area contributed by atoms with Crippen molar-refractivity contribution in [1.29, 1.82) is 0 Å². The average molecular weight is 498 g/mol. The summed E-state index contributed by atoms with van der Waals surface area (Å²) < 4.78 is 38.7. The van der Waals surface area contributed by atoms with Gasteiger partial charge in [-0.05, 0) is 42.5 Å². The number of piperazine rings is 1. The standard InChI is InChI=1S/C21H19BrF3N3O3/c22-17-3-1-2-15(12-17)19(30)26-13-18(29)27-8-10-28(11-9-27)20(31)14-4-6-16(7-5-14)21(23,24)25/h1-7,12H,8-11,13H2,(H,26,30). The molecule has 2 aromatic rings. The molecular formula is C21H19BrF3N3O3. The Bertz CT molecular complexity index is 972. The summed E-state index contributed by atoms with van der Waals surface area (Å²) in [5.41, 5.74) is -0.229. The van der Waals surface area contributed by atoms with Crippen molar-refractivity contribution in [3.8, 4) is 0 Å². The molecule has 164 valence electrons. The van der Waals surface area contributed by atoms with Crippen LogP contribution in [0.25, 0.3) is 0 Å². The molecule has 0 saturated carbocycles. The van der Waals surface area contributed by atoms with E-state index in [1.165, 1.54) is 9.80 Å². The molecule has 1 N–H and O–H groups in total. The van der Waals surface area contributed by atoms with Crippen LogP contribution in [-0.4, -0.2) is 60.2 Å². The number of hydrogen-bond acceptors (Lipinski definition) is 3. The highest BCUT2D eigenvalue weighted by atomic mass is 79.9. The number of nitrogens with one attached hydrogen (secondary N) is 1. The van der Waals surface area contributed by atoms with Crippen molar-refractivity contribution >= 4 is 33.7 Å². The van der Waals surface area contributed by atoms with Crippen molar-refractivity contribution in [3.05, 3.63) is 69.7 Å². The molecule has 3 rings (SSSR count). The molecule has 10 heteroatoms. The van der Waals surface area contributed by atoms with Crippen LogP contribution in [0.3, 0.4) is 0 Å². The molecule has 1 heterocycles. The zero-order valence-corrected chi connectivity index (χ0v) is 17.9. The second-order valence-corrected chi connectivity index (χ2v) is 7.86. The van der Waals surface area contributed by atoms with E-state index < -0.39 is 11.7 Å². The van der Waals surface area contributed by atoms with E-state index in [2.05, 4.69) is 21.2 Å². The number of halogens is 4. The second-order valence-electron chi connectivity index (χ2n) is 6.94. The maximum absolute atomic E-state index is 12.7. The fraction of sp³-hybridized carbons (Fsp3) is 0.286. The van der Waals surface area contributed by atoms with E-state index in [0.717, 1.165) is 28.7 Å². The van der Waals surface area contributed by atoms with Gasteiger partial charge in [-0.2, -0.15) is 13.2 Å². The number of hydrogen-bond donors (Lipinski definition) is 1. The predicted molar refractivity (Wildman–Crippen MR) is 110 cm³/mol. The molecule has 6 nitrogen and oxygen atoms in total. The Labute approximate surface area is 185 Å². The number of rotatable bonds is 4. The van der Waals surface area contributed by atoms with Crippen LogP contribution < -0.4 is 5.32 Å². The first-order chi connectivity index (χ1) is 14.6. The molecule has 1 aliphatic heterocycles. The summed E-state index contributed by atoms with van der Waals surface area (Å²) >= 11 is 3.28. The summed E-state index contributed by atoms with van der Waals surface area (Å²) in [7, 11) is 0. The highest BCUT2D eigenvalue weighted by molar-refractivity contribution is 9.10. The Morgan fingerprint density at radius 3 is 2.10 bits per heavy atom. The van der Waals surface area contributed by atoms with Gasteiger partial charge >= 0.3 is 6.18 Å². The lowest BCUT2D eigenvalue weighted by atomic mass is 10.1. The highest BCUT2D eigenvalue weighted by Crippen LogP contribution is 2.29. The summed E-state index contributed by atoms with van der Waals surface area (Å²) in [4.78, 5) is 40.1. The van der Waals surface area contributed by atoms with E-state index in [4.69, 9.17) is 0 Å². The van der Waals surface area contributed by atoms with Crippen LogP contribution in [0, 0.1) is 0 Å². The third kappa shape index (κ3) is 5.84. The van der Waals surface area contributed by atoms with Gasteiger partial charge in [0.05, 0.1) is 12.1 Å². The fourth-order valence-corrected chi connectivity index (χ4v) is 3.54. The van der Waals surface area contributed by atoms with Crippen molar-refractivity contribution in [2.24, 2.45) is 0 Å². The van der Waals surface area contributed by atoms with Gasteiger partial charge in [-0.3, -0.25) is 14.4 Å². The topological polar surface area (TPSA) is 69.7 Å². The first-order valence-electron chi connectivity index (χ1n) is 9.43. The molecule has 0 bridgehead atoms. The molecule has 1 aliphatic rings. The molecule has 0 spiro atoms. The molecule has 0 aliphatic carbocycles. The predicted octanol–water partition coefficient (Wildman–Crippen LogP) is 3.18. The Hall–Kier alpha value is -2.88. The smallest absolute Gasteiger partial charge is 0.343 e. The lowest BCUT2D eigenvalue weighted by molar-refractivity contribution is -0.137. The first-order valence-corrected chi connectivity index (χ1v) is 10.2. The normalized spacial score (nSPS) is 14.3. The summed E-state index contributed by atoms with van der Waals surface area (Å²) in [5, 5.41) is 2.58. The van der Waals surface area contributed by atoms with Gasteiger partial charge in [0, 0.05) is 41.8 Å². The average Bonchev–Trinajstić information content (AvgIpc) is 2.76. The third-order valence-electron chi connectivity index (χ3n) is 4.87. The summed E-state index contributed by atoms with van der Waals surface area (Å²) in [6, 6.07) is 10.8. The first kappa shape index (κ1) is 22.8. The zero-order valence-electron chi connectivity index (χ0n) is 16.3. The molecule has 1 saturated heterocycles. The second kappa shape index (κ2) is 9.51. The molecule has 0 unspecified atom stereocenters. The van der Waals surface area contributed by atoms with Crippen molar-refractivity contribution in [2.75, 3.05) is 32.7 Å². The van der Waals surface area contributed by atoms with E-state index in [1.54, 1.807) is 24.3 Å². The van der Waals surface area contributed by atoms with Gasteiger partial charge < -0.3 is 15.1 Å². The maximum Gasteiger partial charge on any atom is 0.416 e. The van der Waals surface area contributed by atoms with E-state index in [1.807, 2.05) is 0 Å². The largest absolute Gasteiger partial charge is 0.416 e. The Kier molecular flexibility index (Phi) is 6.99. The van der Waals surface area contributed by atoms with Crippen LogP contribution in [0.15, 0.2) is 53.0 Å². The lowest BCUT2D eigenvalue weighted by Gasteiger charge is -2.35. The van der Waals surface area contributed by atoms with Gasteiger partial charge in [0.2, 0.25) is 5.91 Å². The SMILES string of the molecule is O=C(NCC(=O)N1CCN(C(=O)c2ccc(C(F)(F)F)cc2)CC1)c1cccc(Br)c1. The maximum atomic E-state index is 12.7. The van der Waals surface area contributed by atoms with E-state index in [9.17, 15) is 27.6 Å².